The maximum absolute atomic E-state index is 12.5. The van der Waals surface area contributed by atoms with Crippen molar-refractivity contribution >= 4 is 29.0 Å². The van der Waals surface area contributed by atoms with Crippen molar-refractivity contribution in [3.8, 4) is 5.75 Å². The first-order valence-corrected chi connectivity index (χ1v) is 10.7. The van der Waals surface area contributed by atoms with Gasteiger partial charge in [-0.15, -0.1) is 17.5 Å². The highest BCUT2D eigenvalue weighted by molar-refractivity contribution is 5.85. The zero-order valence-electron chi connectivity index (χ0n) is 17.9. The number of ether oxygens (including phenoxy) is 1. The maximum Gasteiger partial charge on any atom is 0.277 e. The van der Waals surface area contributed by atoms with Crippen LogP contribution in [0.5, 0.6) is 5.75 Å². The van der Waals surface area contributed by atoms with Gasteiger partial charge in [0, 0.05) is 32.7 Å². The van der Waals surface area contributed by atoms with Gasteiger partial charge in [-0.3, -0.25) is 9.69 Å². The van der Waals surface area contributed by atoms with Crippen LogP contribution in [-0.4, -0.2) is 59.7 Å². The fourth-order valence-corrected chi connectivity index (χ4v) is 4.05. The number of aromatic nitrogens is 3. The fraction of sp³-hybridized carbons (Fsp3) is 0.435. The third-order valence-corrected chi connectivity index (χ3v) is 5.77. The van der Waals surface area contributed by atoms with Crippen molar-refractivity contribution in [2.45, 2.75) is 25.8 Å². The zero-order valence-corrected chi connectivity index (χ0v) is 18.8. The lowest BCUT2D eigenvalue weighted by molar-refractivity contribution is 0.250. The molecule has 1 aliphatic rings. The minimum absolute atomic E-state index is 0. The van der Waals surface area contributed by atoms with Crippen molar-refractivity contribution in [1.29, 1.82) is 0 Å². The van der Waals surface area contributed by atoms with E-state index in [-0.39, 0.29) is 18.0 Å². The van der Waals surface area contributed by atoms with Gasteiger partial charge in [0.25, 0.3) is 5.56 Å². The van der Waals surface area contributed by atoms with Crippen molar-refractivity contribution in [2.24, 2.45) is 0 Å². The lowest BCUT2D eigenvalue weighted by atomic mass is 10.2. The summed E-state index contributed by atoms with van der Waals surface area (Å²) in [5.74, 6) is 0.943. The van der Waals surface area contributed by atoms with Crippen LogP contribution in [0.1, 0.15) is 19.3 Å². The summed E-state index contributed by atoms with van der Waals surface area (Å²) in [7, 11) is 1.73. The first-order chi connectivity index (χ1) is 14.8. The van der Waals surface area contributed by atoms with Gasteiger partial charge in [-0.05, 0) is 43.7 Å². The molecule has 1 saturated heterocycles. The minimum atomic E-state index is -0.0481. The number of hydrogen-bond donors (Lipinski definition) is 0. The third kappa shape index (κ3) is 5.54. The van der Waals surface area contributed by atoms with Gasteiger partial charge in [-0.1, -0.05) is 35.9 Å². The molecule has 2 heterocycles. The van der Waals surface area contributed by atoms with Crippen molar-refractivity contribution in [3.05, 3.63) is 58.9 Å². The summed E-state index contributed by atoms with van der Waals surface area (Å²) < 4.78 is 6.99. The van der Waals surface area contributed by atoms with E-state index in [1.165, 1.54) is 10.4 Å². The Morgan fingerprint density at radius 1 is 0.903 bits per heavy atom. The summed E-state index contributed by atoms with van der Waals surface area (Å²) in [4.78, 5) is 17.4. The second-order valence-corrected chi connectivity index (χ2v) is 7.70. The highest BCUT2D eigenvalue weighted by Gasteiger charge is 2.19. The topological polar surface area (TPSA) is 63.5 Å². The number of halogens is 1. The maximum atomic E-state index is 12.5. The van der Waals surface area contributed by atoms with E-state index in [0.717, 1.165) is 57.7 Å². The molecule has 0 bridgehead atoms. The van der Waals surface area contributed by atoms with Crippen LogP contribution in [-0.2, 0) is 6.54 Å². The fourth-order valence-electron chi connectivity index (χ4n) is 4.05. The molecule has 0 unspecified atom stereocenters. The second-order valence-electron chi connectivity index (χ2n) is 7.70. The number of unbranched alkanes of at least 4 members (excludes halogenated alkanes) is 2. The van der Waals surface area contributed by atoms with Gasteiger partial charge in [-0.2, -0.15) is 0 Å². The summed E-state index contributed by atoms with van der Waals surface area (Å²) in [6, 6.07) is 15.6. The lowest BCUT2D eigenvalue weighted by Crippen LogP contribution is -2.46. The molecular weight excluding hydrogens is 414 g/mol. The van der Waals surface area contributed by atoms with E-state index in [4.69, 9.17) is 4.74 Å². The van der Waals surface area contributed by atoms with Gasteiger partial charge in [0.15, 0.2) is 0 Å². The van der Waals surface area contributed by atoms with Crippen LogP contribution in [0.3, 0.4) is 0 Å². The van der Waals surface area contributed by atoms with Gasteiger partial charge < -0.3 is 9.64 Å². The van der Waals surface area contributed by atoms with E-state index in [0.29, 0.717) is 17.4 Å². The standard InChI is InChI=1S/C23H29N5O2.ClH/c1-30-22-12-6-5-11-21(22)27-17-15-26(16-18-27)13-7-2-8-14-28-23(29)19-9-3-4-10-20(19)24-25-28;/h3-6,9-12H,2,7-8,13-18H2,1H3;1H. The molecule has 2 aromatic carbocycles. The van der Waals surface area contributed by atoms with E-state index in [9.17, 15) is 4.79 Å². The van der Waals surface area contributed by atoms with Gasteiger partial charge in [0.2, 0.25) is 0 Å². The van der Waals surface area contributed by atoms with E-state index in [2.05, 4.69) is 32.2 Å². The monoisotopic (exact) mass is 443 g/mol. The average Bonchev–Trinajstić information content (AvgIpc) is 2.81. The number of methoxy groups -OCH3 is 1. The molecular formula is C23H30ClN5O2. The number of rotatable bonds is 8. The SMILES string of the molecule is COc1ccccc1N1CCN(CCCCCn2nnc3ccccc3c2=O)CC1.Cl. The Morgan fingerprint density at radius 2 is 1.61 bits per heavy atom. The van der Waals surface area contributed by atoms with Crippen molar-refractivity contribution in [3.63, 3.8) is 0 Å². The van der Waals surface area contributed by atoms with Gasteiger partial charge in [0.05, 0.1) is 18.2 Å². The smallest absolute Gasteiger partial charge is 0.277 e. The van der Waals surface area contributed by atoms with Crippen molar-refractivity contribution in [1.82, 2.24) is 19.9 Å². The molecule has 0 radical (unpaired) electrons. The normalized spacial score (nSPS) is 14.4. The van der Waals surface area contributed by atoms with Crippen LogP contribution in [0, 0.1) is 0 Å². The molecule has 4 rings (SSSR count). The van der Waals surface area contributed by atoms with E-state index < -0.39 is 0 Å². The molecule has 31 heavy (non-hydrogen) atoms. The number of anilines is 1. The highest BCUT2D eigenvalue weighted by atomic mass is 35.5. The molecule has 1 aliphatic heterocycles. The van der Waals surface area contributed by atoms with Crippen molar-refractivity contribution in [2.75, 3.05) is 44.7 Å². The van der Waals surface area contributed by atoms with Crippen LogP contribution in [0.15, 0.2) is 53.3 Å². The first-order valence-electron chi connectivity index (χ1n) is 10.7. The Balaban J connectivity index is 0.00000272. The Bertz CT molecular complexity index is 1030. The van der Waals surface area contributed by atoms with Crippen LogP contribution >= 0.6 is 12.4 Å². The minimum Gasteiger partial charge on any atom is -0.495 e. The zero-order chi connectivity index (χ0) is 20.8. The van der Waals surface area contributed by atoms with Crippen LogP contribution in [0.2, 0.25) is 0 Å². The lowest BCUT2D eigenvalue weighted by Gasteiger charge is -2.36. The molecule has 166 valence electrons. The van der Waals surface area contributed by atoms with Crippen LogP contribution < -0.4 is 15.2 Å². The number of fused-ring (bicyclic) bond motifs is 1. The summed E-state index contributed by atoms with van der Waals surface area (Å²) in [5, 5.41) is 8.86. The van der Waals surface area contributed by atoms with Gasteiger partial charge >= 0.3 is 0 Å². The molecule has 7 nitrogen and oxygen atoms in total. The Kier molecular flexibility index (Phi) is 8.26. The van der Waals surface area contributed by atoms with Gasteiger partial charge in [0.1, 0.15) is 11.3 Å². The molecule has 0 amide bonds. The summed E-state index contributed by atoms with van der Waals surface area (Å²) in [5.41, 5.74) is 1.79. The number of aryl methyl sites for hydroxylation is 1. The van der Waals surface area contributed by atoms with Crippen LogP contribution in [0.4, 0.5) is 5.69 Å². The summed E-state index contributed by atoms with van der Waals surface area (Å²) in [6.45, 7) is 5.88. The molecule has 3 aromatic rings. The number of benzene rings is 2. The van der Waals surface area contributed by atoms with E-state index >= 15 is 0 Å². The Labute approximate surface area is 189 Å². The number of hydrogen-bond acceptors (Lipinski definition) is 6. The molecule has 0 N–H and O–H groups in total. The highest BCUT2D eigenvalue weighted by Crippen LogP contribution is 2.28. The Hall–Kier alpha value is -2.64. The van der Waals surface area contributed by atoms with Crippen LogP contribution in [0.25, 0.3) is 10.9 Å². The molecule has 0 aliphatic carbocycles. The molecule has 1 fully saturated rings. The molecule has 1 aromatic heterocycles. The predicted octanol–water partition coefficient (Wildman–Crippen LogP) is 3.21. The van der Waals surface area contributed by atoms with E-state index in [1.807, 2.05) is 36.4 Å². The van der Waals surface area contributed by atoms with Crippen molar-refractivity contribution < 1.29 is 4.74 Å². The summed E-state index contributed by atoms with van der Waals surface area (Å²) >= 11 is 0. The predicted molar refractivity (Wildman–Crippen MR) is 127 cm³/mol. The first kappa shape index (κ1) is 23.0. The molecule has 0 spiro atoms. The van der Waals surface area contributed by atoms with E-state index in [1.54, 1.807) is 7.11 Å². The third-order valence-electron chi connectivity index (χ3n) is 5.77. The molecule has 0 atom stereocenters. The quantitative estimate of drug-likeness (QED) is 0.498. The number of para-hydroxylation sites is 2. The molecule has 8 heteroatoms. The number of piperazine rings is 1. The second kappa shape index (κ2) is 11.1. The summed E-state index contributed by atoms with van der Waals surface area (Å²) in [6.07, 6.45) is 3.15. The largest absolute Gasteiger partial charge is 0.495 e. The van der Waals surface area contributed by atoms with Gasteiger partial charge in [-0.25, -0.2) is 4.68 Å². The molecule has 0 saturated carbocycles. The number of nitrogens with zero attached hydrogens (tertiary/aromatic N) is 5. The Morgan fingerprint density at radius 3 is 2.42 bits per heavy atom. The average molecular weight is 444 g/mol.